The Balaban J connectivity index is 2.04. The highest BCUT2D eigenvalue weighted by molar-refractivity contribution is 5.70. The molecule has 0 unspecified atom stereocenters. The first-order valence-corrected chi connectivity index (χ1v) is 7.45. The third-order valence-corrected chi connectivity index (χ3v) is 3.94. The molecular weight excluding hydrogens is 252 g/mol. The molecule has 1 aliphatic heterocycles. The van der Waals surface area contributed by atoms with E-state index in [-0.39, 0.29) is 6.04 Å². The molecular formula is C16H26N2O2. The molecule has 1 aromatic rings. The summed E-state index contributed by atoms with van der Waals surface area (Å²) in [5.41, 5.74) is 2.42. The largest absolute Gasteiger partial charge is 0.396 e. The first-order valence-electron chi connectivity index (χ1n) is 7.45. The Morgan fingerprint density at radius 2 is 2.05 bits per heavy atom. The second-order valence-electron chi connectivity index (χ2n) is 5.63. The van der Waals surface area contributed by atoms with Crippen LogP contribution in [0.4, 0.5) is 11.4 Å². The first kappa shape index (κ1) is 15.1. The van der Waals surface area contributed by atoms with Crippen LogP contribution in [0, 0.1) is 5.92 Å². The number of nitrogens with zero attached hydrogens (tertiary/aromatic N) is 1. The summed E-state index contributed by atoms with van der Waals surface area (Å²) in [5.74, 6) is 0.471. The minimum Gasteiger partial charge on any atom is -0.396 e. The molecule has 1 aliphatic rings. The molecule has 0 aliphatic carbocycles. The molecule has 1 aromatic carbocycles. The molecule has 0 spiro atoms. The van der Waals surface area contributed by atoms with Crippen LogP contribution in [0.1, 0.15) is 19.8 Å². The van der Waals surface area contributed by atoms with E-state index in [0.29, 0.717) is 19.1 Å². The molecule has 1 saturated heterocycles. The molecule has 0 bridgehead atoms. The van der Waals surface area contributed by atoms with Crippen LogP contribution in [0.2, 0.25) is 0 Å². The van der Waals surface area contributed by atoms with E-state index in [1.54, 1.807) is 7.11 Å². The molecule has 0 aromatic heterocycles. The fourth-order valence-electron chi connectivity index (χ4n) is 2.79. The number of anilines is 2. The maximum atomic E-state index is 9.24. The summed E-state index contributed by atoms with van der Waals surface area (Å²) < 4.78 is 5.19. The van der Waals surface area contributed by atoms with Crippen LogP contribution in [0.5, 0.6) is 0 Å². The minimum absolute atomic E-state index is 0.288. The second-order valence-corrected chi connectivity index (χ2v) is 5.63. The van der Waals surface area contributed by atoms with Crippen LogP contribution in [0.15, 0.2) is 24.3 Å². The minimum atomic E-state index is 0.288. The van der Waals surface area contributed by atoms with E-state index < -0.39 is 0 Å². The lowest BCUT2D eigenvalue weighted by atomic mass is 9.97. The number of methoxy groups -OCH3 is 1. The Hall–Kier alpha value is -1.26. The van der Waals surface area contributed by atoms with Crippen molar-refractivity contribution in [3.63, 3.8) is 0 Å². The van der Waals surface area contributed by atoms with Gasteiger partial charge in [-0.3, -0.25) is 0 Å². The van der Waals surface area contributed by atoms with Crippen molar-refractivity contribution in [1.82, 2.24) is 0 Å². The smallest absolute Gasteiger partial charge is 0.0661 e. The summed E-state index contributed by atoms with van der Waals surface area (Å²) in [6.45, 7) is 5.17. The number of rotatable bonds is 6. The van der Waals surface area contributed by atoms with Gasteiger partial charge < -0.3 is 20.1 Å². The SMILES string of the molecule is COC[C@H](C)Nc1ccccc1N1CCC(CO)CC1. The second kappa shape index (κ2) is 7.50. The van der Waals surface area contributed by atoms with Gasteiger partial charge in [-0.05, 0) is 37.8 Å². The van der Waals surface area contributed by atoms with Crippen molar-refractivity contribution in [3.05, 3.63) is 24.3 Å². The van der Waals surface area contributed by atoms with Gasteiger partial charge in [0.1, 0.15) is 0 Å². The van der Waals surface area contributed by atoms with E-state index in [4.69, 9.17) is 4.74 Å². The quantitative estimate of drug-likeness (QED) is 0.838. The zero-order valence-corrected chi connectivity index (χ0v) is 12.5. The van der Waals surface area contributed by atoms with Crippen molar-refractivity contribution in [2.24, 2.45) is 5.92 Å². The lowest BCUT2D eigenvalue weighted by molar-refractivity contribution is 0.190. The molecule has 4 heteroatoms. The van der Waals surface area contributed by atoms with Crippen LogP contribution in [0.25, 0.3) is 0 Å². The summed E-state index contributed by atoms with van der Waals surface area (Å²) in [6.07, 6.45) is 2.14. The van der Waals surface area contributed by atoms with Crippen molar-refractivity contribution in [2.45, 2.75) is 25.8 Å². The van der Waals surface area contributed by atoms with E-state index in [2.05, 4.69) is 41.4 Å². The molecule has 0 radical (unpaired) electrons. The van der Waals surface area contributed by atoms with Crippen molar-refractivity contribution >= 4 is 11.4 Å². The van der Waals surface area contributed by atoms with Gasteiger partial charge in [0.15, 0.2) is 0 Å². The molecule has 112 valence electrons. The number of aliphatic hydroxyl groups excluding tert-OH is 1. The van der Waals surface area contributed by atoms with Gasteiger partial charge >= 0.3 is 0 Å². The van der Waals surface area contributed by atoms with Crippen molar-refractivity contribution in [2.75, 3.05) is 43.6 Å². The monoisotopic (exact) mass is 278 g/mol. The van der Waals surface area contributed by atoms with Crippen molar-refractivity contribution in [3.8, 4) is 0 Å². The molecule has 1 fully saturated rings. The third kappa shape index (κ3) is 3.87. The fraction of sp³-hybridized carbons (Fsp3) is 0.625. The Morgan fingerprint density at radius 3 is 2.70 bits per heavy atom. The van der Waals surface area contributed by atoms with Crippen LogP contribution < -0.4 is 10.2 Å². The normalized spacial score (nSPS) is 18.1. The van der Waals surface area contributed by atoms with Gasteiger partial charge in [0.2, 0.25) is 0 Å². The zero-order valence-electron chi connectivity index (χ0n) is 12.5. The number of para-hydroxylation sites is 2. The Kier molecular flexibility index (Phi) is 5.68. The topological polar surface area (TPSA) is 44.7 Å². The number of hydrogen-bond donors (Lipinski definition) is 2. The summed E-state index contributed by atoms with van der Waals surface area (Å²) in [4.78, 5) is 2.41. The van der Waals surface area contributed by atoms with E-state index >= 15 is 0 Å². The van der Waals surface area contributed by atoms with E-state index in [0.717, 1.165) is 25.9 Å². The molecule has 1 atom stereocenters. The van der Waals surface area contributed by atoms with Gasteiger partial charge in [-0.1, -0.05) is 12.1 Å². The third-order valence-electron chi connectivity index (χ3n) is 3.94. The number of nitrogens with one attached hydrogen (secondary N) is 1. The number of benzene rings is 1. The summed E-state index contributed by atoms with van der Waals surface area (Å²) >= 11 is 0. The molecule has 4 nitrogen and oxygen atoms in total. The molecule has 20 heavy (non-hydrogen) atoms. The van der Waals surface area contributed by atoms with Gasteiger partial charge in [-0.15, -0.1) is 0 Å². The van der Waals surface area contributed by atoms with Gasteiger partial charge in [0.05, 0.1) is 18.0 Å². The highest BCUT2D eigenvalue weighted by Crippen LogP contribution is 2.30. The lowest BCUT2D eigenvalue weighted by Crippen LogP contribution is -2.35. The molecule has 0 amide bonds. The Morgan fingerprint density at radius 1 is 1.35 bits per heavy atom. The van der Waals surface area contributed by atoms with Crippen molar-refractivity contribution < 1.29 is 9.84 Å². The number of hydrogen-bond acceptors (Lipinski definition) is 4. The first-order chi connectivity index (χ1) is 9.74. The highest BCUT2D eigenvalue weighted by Gasteiger charge is 2.20. The highest BCUT2D eigenvalue weighted by atomic mass is 16.5. The number of piperidine rings is 1. The summed E-state index contributed by atoms with van der Waals surface area (Å²) in [6, 6.07) is 8.72. The molecule has 1 heterocycles. The predicted octanol–water partition coefficient (Wildman–Crippen LogP) is 2.34. The van der Waals surface area contributed by atoms with E-state index in [1.165, 1.54) is 11.4 Å². The van der Waals surface area contributed by atoms with Crippen LogP contribution in [0.3, 0.4) is 0 Å². The van der Waals surface area contributed by atoms with Crippen molar-refractivity contribution in [1.29, 1.82) is 0 Å². The zero-order chi connectivity index (χ0) is 14.4. The molecule has 2 N–H and O–H groups in total. The van der Waals surface area contributed by atoms with Gasteiger partial charge in [0, 0.05) is 32.8 Å². The van der Waals surface area contributed by atoms with Crippen LogP contribution in [-0.2, 0) is 4.74 Å². The number of aliphatic hydroxyl groups is 1. The fourth-order valence-corrected chi connectivity index (χ4v) is 2.79. The maximum absolute atomic E-state index is 9.24. The van der Waals surface area contributed by atoms with Gasteiger partial charge in [-0.2, -0.15) is 0 Å². The van der Waals surface area contributed by atoms with E-state index in [1.807, 2.05) is 0 Å². The van der Waals surface area contributed by atoms with Crippen LogP contribution >= 0.6 is 0 Å². The standard InChI is InChI=1S/C16H26N2O2/c1-13(12-20-2)17-15-5-3-4-6-16(15)18-9-7-14(11-19)8-10-18/h3-6,13-14,17,19H,7-12H2,1-2H3/t13-/m0/s1. The van der Waals surface area contributed by atoms with Gasteiger partial charge in [0.25, 0.3) is 0 Å². The average Bonchev–Trinajstić information content (AvgIpc) is 2.48. The van der Waals surface area contributed by atoms with Crippen LogP contribution in [-0.4, -0.2) is 44.6 Å². The summed E-state index contributed by atoms with van der Waals surface area (Å²) in [5, 5.41) is 12.8. The Bertz CT molecular complexity index is 403. The predicted molar refractivity (Wildman–Crippen MR) is 83.4 cm³/mol. The number of ether oxygens (including phenoxy) is 1. The summed E-state index contributed by atoms with van der Waals surface area (Å²) in [7, 11) is 1.73. The maximum Gasteiger partial charge on any atom is 0.0661 e. The lowest BCUT2D eigenvalue weighted by Gasteiger charge is -2.34. The van der Waals surface area contributed by atoms with Gasteiger partial charge in [-0.25, -0.2) is 0 Å². The molecule has 0 saturated carbocycles. The van der Waals surface area contributed by atoms with E-state index in [9.17, 15) is 5.11 Å². The Labute approximate surface area is 121 Å². The molecule has 2 rings (SSSR count). The average molecular weight is 278 g/mol.